The summed E-state index contributed by atoms with van der Waals surface area (Å²) in [5.41, 5.74) is 0.624. The Labute approximate surface area is 214 Å². The van der Waals surface area contributed by atoms with E-state index < -0.39 is 0 Å². The zero-order valence-electron chi connectivity index (χ0n) is 21.1. The average Bonchev–Trinajstić information content (AvgIpc) is 3.16. The molecule has 0 spiro atoms. The molecule has 188 valence electrons. The largest absolute Gasteiger partial charge is 0.465 e. The van der Waals surface area contributed by atoms with Crippen LogP contribution in [0.3, 0.4) is 0 Å². The minimum absolute atomic E-state index is 0.0126. The topological polar surface area (TPSA) is 52.6 Å². The average molecular weight is 573 g/mol. The van der Waals surface area contributed by atoms with Gasteiger partial charge in [-0.15, -0.1) is 0 Å². The molecule has 4 fully saturated rings. The van der Waals surface area contributed by atoms with Gasteiger partial charge in [-0.05, 0) is 115 Å². The highest BCUT2D eigenvalue weighted by Gasteiger charge is 2.65. The first kappa shape index (κ1) is 25.8. The van der Waals surface area contributed by atoms with Crippen molar-refractivity contribution in [2.45, 2.75) is 104 Å². The van der Waals surface area contributed by atoms with Gasteiger partial charge in [0, 0.05) is 5.92 Å². The Hall–Kier alpha value is -0.330. The van der Waals surface area contributed by atoms with E-state index in [0.717, 1.165) is 44.0 Å². The maximum absolute atomic E-state index is 11.8. The fourth-order valence-electron chi connectivity index (χ4n) is 9.94. The molecule has 0 unspecified atom stereocenters. The summed E-state index contributed by atoms with van der Waals surface area (Å²) in [6.07, 6.45) is 12.0. The van der Waals surface area contributed by atoms with E-state index in [9.17, 15) is 9.59 Å². The second-order valence-electron chi connectivity index (χ2n) is 12.3. The van der Waals surface area contributed by atoms with Crippen LogP contribution < -0.4 is 0 Å². The van der Waals surface area contributed by atoms with Crippen LogP contribution in [0, 0.1) is 52.3 Å². The Kier molecular flexibility index (Phi) is 8.07. The molecule has 0 aromatic carbocycles. The van der Waals surface area contributed by atoms with Gasteiger partial charge in [-0.2, -0.15) is 0 Å². The molecule has 0 saturated heterocycles. The summed E-state index contributed by atoms with van der Waals surface area (Å²) in [5, 5.41) is 0. The Morgan fingerprint density at radius 1 is 0.970 bits per heavy atom. The molecule has 0 bridgehead atoms. The van der Waals surface area contributed by atoms with Gasteiger partial charge in [-0.25, -0.2) is 0 Å². The van der Waals surface area contributed by atoms with Crippen molar-refractivity contribution in [1.82, 2.24) is 0 Å². The summed E-state index contributed by atoms with van der Waals surface area (Å²) in [5.74, 6) is 4.13. The van der Waals surface area contributed by atoms with E-state index in [2.05, 4.69) is 50.3 Å². The van der Waals surface area contributed by atoms with E-state index >= 15 is 0 Å². The molecule has 0 radical (unpaired) electrons. The molecular formula is C28H45IO4. The molecule has 4 aliphatic carbocycles. The van der Waals surface area contributed by atoms with E-state index in [-0.39, 0.29) is 17.6 Å². The van der Waals surface area contributed by atoms with Crippen molar-refractivity contribution in [1.29, 1.82) is 0 Å². The zero-order valence-corrected chi connectivity index (χ0v) is 23.3. The van der Waals surface area contributed by atoms with Crippen LogP contribution in [-0.2, 0) is 19.1 Å². The Balaban J connectivity index is 1.67. The molecule has 4 rings (SSSR count). The van der Waals surface area contributed by atoms with Crippen LogP contribution in [0.1, 0.15) is 91.9 Å². The quantitative estimate of drug-likeness (QED) is 0.173. The third-order valence-corrected chi connectivity index (χ3v) is 12.1. The van der Waals surface area contributed by atoms with Gasteiger partial charge in [0.05, 0.1) is 0 Å². The number of carbonyl (C=O) groups is 2. The van der Waals surface area contributed by atoms with Crippen LogP contribution >= 0.6 is 22.6 Å². The first-order chi connectivity index (χ1) is 15.9. The predicted molar refractivity (Wildman–Crippen MR) is 139 cm³/mol. The van der Waals surface area contributed by atoms with Crippen molar-refractivity contribution >= 4 is 35.5 Å². The van der Waals surface area contributed by atoms with E-state index in [1.54, 1.807) is 0 Å². The molecule has 11 atom stereocenters. The van der Waals surface area contributed by atoms with Crippen LogP contribution in [0.15, 0.2) is 0 Å². The number of fused-ring (bicyclic) bond motifs is 5. The third-order valence-electron chi connectivity index (χ3n) is 11.4. The number of alkyl halides is 1. The number of carbonyl (C=O) groups excluding carboxylic acids is 2. The van der Waals surface area contributed by atoms with Crippen LogP contribution in [0.4, 0.5) is 0 Å². The van der Waals surface area contributed by atoms with Crippen LogP contribution in [-0.4, -0.2) is 29.6 Å². The molecule has 4 aliphatic rings. The standard InChI is InChI=1S/C28H45IO4/c1-5-20-24-15-19(32-16-30)10-12-28(24,4)23-11-13-27(3)21(18(2)7-6-14-29)8-9-22(27)25(23)26(20)33-17-31/h16-26H,5-15H2,1-4H3/t18-,19-,20-,21-,22+,23+,24+,25+,26-,27-,28-/m1/s1. The minimum atomic E-state index is 0.0126. The van der Waals surface area contributed by atoms with Gasteiger partial charge in [0.25, 0.3) is 12.9 Å². The fraction of sp³-hybridized carbons (Fsp3) is 0.929. The molecular weight excluding hydrogens is 527 g/mol. The highest BCUT2D eigenvalue weighted by molar-refractivity contribution is 14.1. The lowest BCUT2D eigenvalue weighted by Crippen LogP contribution is -2.62. The lowest BCUT2D eigenvalue weighted by atomic mass is 9.41. The fourth-order valence-corrected chi connectivity index (χ4v) is 10.4. The van der Waals surface area contributed by atoms with Crippen molar-refractivity contribution in [2.75, 3.05) is 4.43 Å². The highest BCUT2D eigenvalue weighted by Crippen LogP contribution is 2.70. The maximum atomic E-state index is 11.8. The molecule has 0 aliphatic heterocycles. The first-order valence-electron chi connectivity index (χ1n) is 13.6. The van der Waals surface area contributed by atoms with Crippen molar-refractivity contribution in [3.05, 3.63) is 0 Å². The van der Waals surface area contributed by atoms with Gasteiger partial charge < -0.3 is 9.47 Å². The van der Waals surface area contributed by atoms with E-state index in [0.29, 0.717) is 41.5 Å². The zero-order chi connectivity index (χ0) is 23.8. The first-order valence-corrected chi connectivity index (χ1v) is 15.1. The second kappa shape index (κ2) is 10.3. The maximum Gasteiger partial charge on any atom is 0.293 e. The van der Waals surface area contributed by atoms with E-state index in [1.165, 1.54) is 43.0 Å². The Morgan fingerprint density at radius 2 is 1.67 bits per heavy atom. The van der Waals surface area contributed by atoms with Crippen molar-refractivity contribution in [2.24, 2.45) is 52.3 Å². The number of ether oxygens (including phenoxy) is 2. The second-order valence-corrected chi connectivity index (χ2v) is 13.4. The summed E-state index contributed by atoms with van der Waals surface area (Å²) >= 11 is 2.52. The molecule has 0 aromatic rings. The van der Waals surface area contributed by atoms with Gasteiger partial charge in [-0.3, -0.25) is 9.59 Å². The van der Waals surface area contributed by atoms with E-state index in [1.807, 2.05) is 0 Å². The Bertz CT molecular complexity index is 699. The van der Waals surface area contributed by atoms with Crippen LogP contribution in [0.2, 0.25) is 0 Å². The summed E-state index contributed by atoms with van der Waals surface area (Å²) in [7, 11) is 0. The van der Waals surface area contributed by atoms with Gasteiger partial charge >= 0.3 is 0 Å². The summed E-state index contributed by atoms with van der Waals surface area (Å²) in [4.78, 5) is 22.9. The van der Waals surface area contributed by atoms with Gasteiger partial charge in [0.1, 0.15) is 12.2 Å². The predicted octanol–water partition coefficient (Wildman–Crippen LogP) is 6.83. The number of rotatable bonds is 9. The smallest absolute Gasteiger partial charge is 0.293 e. The Morgan fingerprint density at radius 3 is 2.33 bits per heavy atom. The molecule has 0 amide bonds. The number of halogens is 1. The van der Waals surface area contributed by atoms with Gasteiger partial charge in [-0.1, -0.05) is 50.3 Å². The SMILES string of the molecule is CC[C@H]1[C@@H](OC=O)[C@@H]2[C@H](CC[C@]3(C)[C@@H]([C@H](C)CCCI)CC[C@@H]23)[C@@]2(C)CC[C@@H](OC=O)C[C@@H]12. The van der Waals surface area contributed by atoms with Crippen LogP contribution in [0.5, 0.6) is 0 Å². The van der Waals surface area contributed by atoms with Crippen molar-refractivity contribution in [3.63, 3.8) is 0 Å². The molecule has 0 heterocycles. The summed E-state index contributed by atoms with van der Waals surface area (Å²) in [6, 6.07) is 0. The highest BCUT2D eigenvalue weighted by atomic mass is 127. The lowest BCUT2D eigenvalue weighted by Gasteiger charge is -2.65. The lowest BCUT2D eigenvalue weighted by molar-refractivity contribution is -0.213. The van der Waals surface area contributed by atoms with Gasteiger partial charge in [0.15, 0.2) is 0 Å². The molecule has 0 aromatic heterocycles. The number of hydrogen-bond acceptors (Lipinski definition) is 4. The minimum Gasteiger partial charge on any atom is -0.465 e. The normalized spacial score (nSPS) is 47.5. The van der Waals surface area contributed by atoms with E-state index in [4.69, 9.17) is 9.47 Å². The molecule has 5 heteroatoms. The summed E-state index contributed by atoms with van der Waals surface area (Å²) < 4.78 is 12.8. The summed E-state index contributed by atoms with van der Waals surface area (Å²) in [6.45, 7) is 11.2. The number of hydrogen-bond donors (Lipinski definition) is 0. The molecule has 33 heavy (non-hydrogen) atoms. The molecule has 4 saturated carbocycles. The van der Waals surface area contributed by atoms with Crippen LogP contribution in [0.25, 0.3) is 0 Å². The monoisotopic (exact) mass is 572 g/mol. The van der Waals surface area contributed by atoms with Gasteiger partial charge in [0.2, 0.25) is 0 Å². The van der Waals surface area contributed by atoms with Crippen molar-refractivity contribution in [3.8, 4) is 0 Å². The molecule has 0 N–H and O–H groups in total. The van der Waals surface area contributed by atoms with Crippen molar-refractivity contribution < 1.29 is 19.1 Å². The molecule has 4 nitrogen and oxygen atoms in total. The third kappa shape index (κ3) is 4.28.